The van der Waals surface area contributed by atoms with Crippen LogP contribution in [0.1, 0.15) is 26.2 Å². The number of carbonyl (C=O) groups is 2. The lowest BCUT2D eigenvalue weighted by atomic mass is 10.2. The molecule has 1 aliphatic rings. The van der Waals surface area contributed by atoms with Crippen molar-refractivity contribution in [2.75, 3.05) is 6.61 Å². The fourth-order valence-corrected chi connectivity index (χ4v) is 1.48. The molecule has 16 heavy (non-hydrogen) atoms. The van der Waals surface area contributed by atoms with Crippen LogP contribution in [0.25, 0.3) is 0 Å². The first kappa shape index (κ1) is 12.7. The number of allylic oxidation sites excluding steroid dienone is 1. The quantitative estimate of drug-likeness (QED) is 0.537. The second kappa shape index (κ2) is 6.27. The third kappa shape index (κ3) is 3.66. The molecular formula is C11H17NO4. The fraction of sp³-hybridized carbons (Fsp3) is 0.636. The number of esters is 1. The molecule has 5 nitrogen and oxygen atoms in total. The van der Waals surface area contributed by atoms with Crippen LogP contribution in [0.4, 0.5) is 0 Å². The first-order valence-electron chi connectivity index (χ1n) is 5.38. The van der Waals surface area contributed by atoms with Gasteiger partial charge in [-0.1, -0.05) is 6.08 Å². The highest BCUT2D eigenvalue weighted by molar-refractivity contribution is 5.79. The number of hydrogen-bond donors (Lipinski definition) is 1. The van der Waals surface area contributed by atoms with E-state index < -0.39 is 6.29 Å². The molecule has 0 spiro atoms. The van der Waals surface area contributed by atoms with Crippen LogP contribution in [0.2, 0.25) is 0 Å². The van der Waals surface area contributed by atoms with E-state index in [4.69, 9.17) is 9.47 Å². The van der Waals surface area contributed by atoms with Crippen LogP contribution >= 0.6 is 0 Å². The van der Waals surface area contributed by atoms with Crippen molar-refractivity contribution in [3.63, 3.8) is 0 Å². The van der Waals surface area contributed by atoms with Crippen LogP contribution in [-0.4, -0.2) is 30.8 Å². The molecule has 2 atom stereocenters. The molecule has 0 saturated carbocycles. The molecule has 0 bridgehead atoms. The van der Waals surface area contributed by atoms with Gasteiger partial charge in [0.1, 0.15) is 6.04 Å². The Balaban J connectivity index is 2.41. The first-order chi connectivity index (χ1) is 7.67. The van der Waals surface area contributed by atoms with Crippen LogP contribution in [0.15, 0.2) is 12.7 Å². The van der Waals surface area contributed by atoms with Gasteiger partial charge in [0.15, 0.2) is 0 Å². The molecule has 1 rings (SSSR count). The Bertz CT molecular complexity index is 277. The average Bonchev–Trinajstić information content (AvgIpc) is 2.56. The lowest BCUT2D eigenvalue weighted by molar-refractivity contribution is -0.164. The van der Waals surface area contributed by atoms with Crippen LogP contribution in [0.5, 0.6) is 0 Å². The zero-order valence-electron chi connectivity index (χ0n) is 9.40. The molecule has 0 aliphatic carbocycles. The third-order valence-corrected chi connectivity index (χ3v) is 2.22. The van der Waals surface area contributed by atoms with E-state index >= 15 is 0 Å². The summed E-state index contributed by atoms with van der Waals surface area (Å²) in [6.07, 6.45) is 2.19. The zero-order valence-corrected chi connectivity index (χ0v) is 9.40. The summed E-state index contributed by atoms with van der Waals surface area (Å²) in [5, 5.41) is 2.72. The van der Waals surface area contributed by atoms with E-state index in [1.807, 2.05) is 6.92 Å². The minimum atomic E-state index is -0.648. The minimum absolute atomic E-state index is 0.118. The normalized spacial score (nSPS) is 23.9. The molecule has 0 aromatic carbocycles. The Morgan fingerprint density at radius 2 is 2.50 bits per heavy atom. The third-order valence-electron chi connectivity index (χ3n) is 2.22. The highest BCUT2D eigenvalue weighted by Gasteiger charge is 2.36. The van der Waals surface area contributed by atoms with Gasteiger partial charge in [-0.3, -0.25) is 9.59 Å². The Morgan fingerprint density at radius 1 is 1.75 bits per heavy atom. The molecule has 1 fully saturated rings. The van der Waals surface area contributed by atoms with Crippen molar-refractivity contribution >= 4 is 11.9 Å². The van der Waals surface area contributed by atoms with Crippen molar-refractivity contribution in [2.24, 2.45) is 0 Å². The van der Waals surface area contributed by atoms with Crippen molar-refractivity contribution in [1.29, 1.82) is 0 Å². The number of rotatable bonds is 6. The Hall–Kier alpha value is -1.36. The maximum absolute atomic E-state index is 11.4. The molecule has 90 valence electrons. The number of nitrogens with one attached hydrogen (secondary N) is 1. The SMILES string of the molecule is C=CCCC(=O)NC1CC(=O)OC1OCC. The van der Waals surface area contributed by atoms with Crippen LogP contribution in [-0.2, 0) is 19.1 Å². The molecule has 1 heterocycles. The maximum Gasteiger partial charge on any atom is 0.310 e. The van der Waals surface area contributed by atoms with Gasteiger partial charge >= 0.3 is 5.97 Å². The lowest BCUT2D eigenvalue weighted by Crippen LogP contribution is -2.41. The largest absolute Gasteiger partial charge is 0.433 e. The van der Waals surface area contributed by atoms with Crippen molar-refractivity contribution in [1.82, 2.24) is 5.32 Å². The van der Waals surface area contributed by atoms with E-state index in [9.17, 15) is 9.59 Å². The van der Waals surface area contributed by atoms with E-state index in [0.717, 1.165) is 0 Å². The number of cyclic esters (lactones) is 1. The lowest BCUT2D eigenvalue weighted by Gasteiger charge is -2.18. The van der Waals surface area contributed by atoms with Gasteiger partial charge in [-0.25, -0.2) is 0 Å². The molecule has 1 amide bonds. The summed E-state index contributed by atoms with van der Waals surface area (Å²) in [5.41, 5.74) is 0. The van der Waals surface area contributed by atoms with Crippen molar-refractivity contribution < 1.29 is 19.1 Å². The van der Waals surface area contributed by atoms with Gasteiger partial charge < -0.3 is 14.8 Å². The van der Waals surface area contributed by atoms with Gasteiger partial charge in [-0.15, -0.1) is 6.58 Å². The number of hydrogen-bond acceptors (Lipinski definition) is 4. The summed E-state index contributed by atoms with van der Waals surface area (Å²) in [6.45, 7) is 5.79. The van der Waals surface area contributed by atoms with Gasteiger partial charge in [0.25, 0.3) is 0 Å². The number of ether oxygens (including phenoxy) is 2. The summed E-state index contributed by atoms with van der Waals surface area (Å²) in [5.74, 6) is -0.458. The van der Waals surface area contributed by atoms with Gasteiger partial charge in [-0.2, -0.15) is 0 Å². The molecule has 1 aliphatic heterocycles. The monoisotopic (exact) mass is 227 g/mol. The van der Waals surface area contributed by atoms with E-state index in [1.54, 1.807) is 6.08 Å². The molecular weight excluding hydrogens is 210 g/mol. The van der Waals surface area contributed by atoms with Crippen LogP contribution < -0.4 is 5.32 Å². The molecule has 1 N–H and O–H groups in total. The standard InChI is InChI=1S/C11H17NO4/c1-3-5-6-9(13)12-8-7-10(14)16-11(8)15-4-2/h3,8,11H,1,4-7H2,2H3,(H,12,13). The zero-order chi connectivity index (χ0) is 12.0. The minimum Gasteiger partial charge on any atom is -0.433 e. The molecule has 0 aromatic rings. The number of carbonyl (C=O) groups excluding carboxylic acids is 2. The van der Waals surface area contributed by atoms with Gasteiger partial charge in [0.2, 0.25) is 12.2 Å². The van der Waals surface area contributed by atoms with E-state index in [2.05, 4.69) is 11.9 Å². The van der Waals surface area contributed by atoms with Gasteiger partial charge in [0.05, 0.1) is 6.42 Å². The molecule has 0 radical (unpaired) electrons. The van der Waals surface area contributed by atoms with Gasteiger partial charge in [-0.05, 0) is 13.3 Å². The van der Waals surface area contributed by atoms with Crippen molar-refractivity contribution in [3.8, 4) is 0 Å². The fourth-order valence-electron chi connectivity index (χ4n) is 1.48. The van der Waals surface area contributed by atoms with Crippen LogP contribution in [0, 0.1) is 0 Å². The van der Waals surface area contributed by atoms with Crippen molar-refractivity contribution in [2.45, 2.75) is 38.5 Å². The predicted molar refractivity (Wildman–Crippen MR) is 57.5 cm³/mol. The summed E-state index contributed by atoms with van der Waals surface area (Å²) >= 11 is 0. The smallest absolute Gasteiger partial charge is 0.310 e. The number of amides is 1. The summed E-state index contributed by atoms with van der Waals surface area (Å²) < 4.78 is 10.1. The molecule has 5 heteroatoms. The predicted octanol–water partition coefficient (Wildman–Crippen LogP) is 0.747. The summed E-state index contributed by atoms with van der Waals surface area (Å²) in [6, 6.07) is -0.371. The van der Waals surface area contributed by atoms with Gasteiger partial charge in [0, 0.05) is 13.0 Å². The Kier molecular flexibility index (Phi) is 4.98. The van der Waals surface area contributed by atoms with E-state index in [1.165, 1.54) is 0 Å². The highest BCUT2D eigenvalue weighted by atomic mass is 16.7. The summed E-state index contributed by atoms with van der Waals surface area (Å²) in [7, 11) is 0. The van der Waals surface area contributed by atoms with Crippen LogP contribution in [0.3, 0.4) is 0 Å². The second-order valence-corrected chi connectivity index (χ2v) is 3.52. The highest BCUT2D eigenvalue weighted by Crippen LogP contribution is 2.16. The maximum atomic E-state index is 11.4. The van der Waals surface area contributed by atoms with Crippen molar-refractivity contribution in [3.05, 3.63) is 12.7 Å². The topological polar surface area (TPSA) is 64.6 Å². The van der Waals surface area contributed by atoms with E-state index in [0.29, 0.717) is 19.4 Å². The second-order valence-electron chi connectivity index (χ2n) is 3.52. The molecule has 0 aromatic heterocycles. The average molecular weight is 227 g/mol. The Morgan fingerprint density at radius 3 is 3.12 bits per heavy atom. The molecule has 2 unspecified atom stereocenters. The molecule has 1 saturated heterocycles. The summed E-state index contributed by atoms with van der Waals surface area (Å²) in [4.78, 5) is 22.5. The Labute approximate surface area is 94.8 Å². The van der Waals surface area contributed by atoms with E-state index in [-0.39, 0.29) is 24.3 Å². The first-order valence-corrected chi connectivity index (χ1v) is 5.38.